The second-order valence-electron chi connectivity index (χ2n) is 8.83. The highest BCUT2D eigenvalue weighted by atomic mass is 16.5. The first-order valence-corrected chi connectivity index (χ1v) is 12.5. The Bertz CT molecular complexity index is 918. The van der Waals surface area contributed by atoms with E-state index in [0.717, 1.165) is 6.54 Å². The molecule has 1 aromatic rings. The summed E-state index contributed by atoms with van der Waals surface area (Å²) in [6, 6.07) is 5.89. The van der Waals surface area contributed by atoms with Crippen LogP contribution in [0.4, 0.5) is 0 Å². The summed E-state index contributed by atoms with van der Waals surface area (Å²) in [6.07, 6.45) is 0.165. The smallest absolute Gasteiger partial charge is 0.255 e. The Hall–Kier alpha value is -3.18. The lowest BCUT2D eigenvalue weighted by atomic mass is 10.1. The quantitative estimate of drug-likeness (QED) is 0.567. The number of fused-ring (bicyclic) bond motifs is 1. The van der Waals surface area contributed by atoms with Gasteiger partial charge in [0, 0.05) is 52.8 Å². The number of ether oxygens (including phenoxy) is 2. The lowest BCUT2D eigenvalue weighted by molar-refractivity contribution is -0.137. The number of hydrogen-bond acceptors (Lipinski definition) is 7. The molecule has 0 aromatic heterocycles. The molecule has 11 heteroatoms. The molecule has 3 rings (SSSR count). The van der Waals surface area contributed by atoms with E-state index < -0.39 is 11.9 Å². The van der Waals surface area contributed by atoms with Crippen LogP contribution in [0.1, 0.15) is 30.1 Å². The summed E-state index contributed by atoms with van der Waals surface area (Å²) >= 11 is 0. The van der Waals surface area contributed by atoms with Gasteiger partial charge in [-0.2, -0.15) is 0 Å². The Labute approximate surface area is 212 Å². The van der Waals surface area contributed by atoms with Crippen molar-refractivity contribution in [3.63, 3.8) is 0 Å². The van der Waals surface area contributed by atoms with Gasteiger partial charge in [-0.3, -0.25) is 24.1 Å². The second-order valence-corrected chi connectivity index (χ2v) is 8.83. The number of nitrogens with zero attached hydrogens (tertiary/aromatic N) is 3. The van der Waals surface area contributed by atoms with Crippen LogP contribution >= 0.6 is 0 Å². The predicted molar refractivity (Wildman–Crippen MR) is 133 cm³/mol. The number of nitrogens with one attached hydrogen (secondary N) is 2. The van der Waals surface area contributed by atoms with Gasteiger partial charge in [0.1, 0.15) is 18.4 Å². The first-order valence-electron chi connectivity index (χ1n) is 12.5. The van der Waals surface area contributed by atoms with Crippen LogP contribution in [0.25, 0.3) is 0 Å². The van der Waals surface area contributed by atoms with E-state index in [2.05, 4.69) is 15.5 Å². The highest BCUT2D eigenvalue weighted by Crippen LogP contribution is 2.19. The van der Waals surface area contributed by atoms with E-state index in [1.165, 1.54) is 4.90 Å². The van der Waals surface area contributed by atoms with Gasteiger partial charge in [0.15, 0.2) is 0 Å². The van der Waals surface area contributed by atoms with Crippen LogP contribution < -0.4 is 15.4 Å². The van der Waals surface area contributed by atoms with Crippen molar-refractivity contribution in [3.8, 4) is 5.75 Å². The van der Waals surface area contributed by atoms with Crippen molar-refractivity contribution < 1.29 is 28.7 Å². The van der Waals surface area contributed by atoms with Crippen molar-refractivity contribution in [2.45, 2.75) is 25.8 Å². The number of rotatable bonds is 5. The summed E-state index contributed by atoms with van der Waals surface area (Å²) in [4.78, 5) is 57.3. The molecule has 198 valence electrons. The number of methoxy groups -OCH3 is 1. The molecule has 2 N–H and O–H groups in total. The Balaban J connectivity index is 1.78. The topological polar surface area (TPSA) is 121 Å². The first-order chi connectivity index (χ1) is 17.4. The predicted octanol–water partition coefficient (Wildman–Crippen LogP) is -0.287. The normalized spacial score (nSPS) is 20.9. The monoisotopic (exact) mass is 503 g/mol. The Morgan fingerprint density at radius 1 is 1.14 bits per heavy atom. The lowest BCUT2D eigenvalue weighted by Crippen LogP contribution is -2.55. The van der Waals surface area contributed by atoms with E-state index in [4.69, 9.17) is 9.47 Å². The van der Waals surface area contributed by atoms with Gasteiger partial charge in [0.25, 0.3) is 5.91 Å². The summed E-state index contributed by atoms with van der Waals surface area (Å²) in [5.74, 6) is -0.823. The van der Waals surface area contributed by atoms with Crippen LogP contribution in [0.15, 0.2) is 24.3 Å². The lowest BCUT2D eigenvalue weighted by Gasteiger charge is -2.36. The summed E-state index contributed by atoms with van der Waals surface area (Å²) in [5.41, 5.74) is 0.294. The zero-order valence-corrected chi connectivity index (χ0v) is 21.2. The third-order valence-corrected chi connectivity index (χ3v) is 6.43. The molecule has 11 nitrogen and oxygen atoms in total. The van der Waals surface area contributed by atoms with Gasteiger partial charge >= 0.3 is 0 Å². The molecule has 0 saturated carbocycles. The van der Waals surface area contributed by atoms with Crippen molar-refractivity contribution in [1.29, 1.82) is 0 Å². The average Bonchev–Trinajstić information content (AvgIpc) is 2.90. The molecule has 1 atom stereocenters. The molecular weight excluding hydrogens is 466 g/mol. The zero-order valence-electron chi connectivity index (χ0n) is 21.2. The summed E-state index contributed by atoms with van der Waals surface area (Å²) in [7, 11) is 1.66. The Kier molecular flexibility index (Phi) is 10.5. The number of hydrogen-bond donors (Lipinski definition) is 2. The molecule has 0 radical (unpaired) electrons. The van der Waals surface area contributed by atoms with Crippen LogP contribution in [0, 0.1) is 0 Å². The number of carbonyl (C=O) groups excluding carboxylic acids is 4. The summed E-state index contributed by atoms with van der Waals surface area (Å²) < 4.78 is 10.9. The van der Waals surface area contributed by atoms with Crippen molar-refractivity contribution in [2.75, 3.05) is 72.7 Å². The number of benzene rings is 1. The fourth-order valence-corrected chi connectivity index (χ4v) is 4.29. The van der Waals surface area contributed by atoms with Gasteiger partial charge in [0.2, 0.25) is 17.7 Å². The molecule has 1 aromatic carbocycles. The Morgan fingerprint density at radius 3 is 2.61 bits per heavy atom. The molecule has 0 spiro atoms. The van der Waals surface area contributed by atoms with E-state index in [1.54, 1.807) is 43.2 Å². The molecule has 2 heterocycles. The average molecular weight is 504 g/mol. The minimum Gasteiger partial charge on any atom is -0.491 e. The number of para-hydroxylation sites is 1. The molecule has 0 unspecified atom stereocenters. The Morgan fingerprint density at radius 2 is 1.89 bits per heavy atom. The number of amides is 4. The van der Waals surface area contributed by atoms with Gasteiger partial charge in [-0.15, -0.1) is 0 Å². The second kappa shape index (κ2) is 13.8. The van der Waals surface area contributed by atoms with Crippen LogP contribution in [-0.4, -0.2) is 117 Å². The van der Waals surface area contributed by atoms with E-state index in [-0.39, 0.29) is 50.3 Å². The van der Waals surface area contributed by atoms with Gasteiger partial charge in [-0.1, -0.05) is 12.1 Å². The fourth-order valence-electron chi connectivity index (χ4n) is 4.29. The molecule has 0 aliphatic carbocycles. The number of carbonyl (C=O) groups is 4. The minimum atomic E-state index is -0.877. The van der Waals surface area contributed by atoms with Gasteiger partial charge in [0.05, 0.1) is 25.3 Å². The van der Waals surface area contributed by atoms with Gasteiger partial charge < -0.3 is 29.9 Å². The van der Waals surface area contributed by atoms with Crippen molar-refractivity contribution >= 4 is 23.6 Å². The van der Waals surface area contributed by atoms with Crippen molar-refractivity contribution in [1.82, 2.24) is 25.3 Å². The standard InChI is InChI=1S/C25H37N5O6/c1-3-29-18-22(31)26-10-16-36-21-7-5-4-6-19(21)24(33)27-20(8-9-23(29)32)25(34)30-13-11-28(12-14-30)15-17-35-2/h4-7,20H,3,8-18H2,1-2H3,(H,26,31)(H,27,33)/t20-/m0/s1. The van der Waals surface area contributed by atoms with Crippen molar-refractivity contribution in [3.05, 3.63) is 29.8 Å². The molecule has 2 aliphatic rings. The zero-order chi connectivity index (χ0) is 25.9. The molecule has 36 heavy (non-hydrogen) atoms. The van der Waals surface area contributed by atoms with E-state index in [0.29, 0.717) is 50.6 Å². The van der Waals surface area contributed by atoms with Gasteiger partial charge in [-0.05, 0) is 25.5 Å². The fraction of sp³-hybridized carbons (Fsp3) is 0.600. The van der Waals surface area contributed by atoms with Crippen molar-refractivity contribution in [2.24, 2.45) is 0 Å². The summed E-state index contributed by atoms with van der Waals surface area (Å²) in [5, 5.41) is 5.58. The van der Waals surface area contributed by atoms with Gasteiger partial charge in [-0.25, -0.2) is 0 Å². The molecule has 0 bridgehead atoms. The molecular formula is C25H37N5O6. The maximum atomic E-state index is 13.5. The van der Waals surface area contributed by atoms with E-state index in [9.17, 15) is 19.2 Å². The largest absolute Gasteiger partial charge is 0.491 e. The van der Waals surface area contributed by atoms with E-state index in [1.807, 2.05) is 0 Å². The first kappa shape index (κ1) is 27.4. The molecule has 2 aliphatic heterocycles. The molecule has 1 fully saturated rings. The van der Waals surface area contributed by atoms with Crippen LogP contribution in [-0.2, 0) is 19.1 Å². The third kappa shape index (κ3) is 7.66. The van der Waals surface area contributed by atoms with Crippen LogP contribution in [0.5, 0.6) is 5.75 Å². The van der Waals surface area contributed by atoms with Crippen LogP contribution in [0.3, 0.4) is 0 Å². The molecule has 4 amide bonds. The SMILES string of the molecule is CCN1CC(=O)NCCOc2ccccc2C(=O)N[C@H](C(=O)N2CCN(CCOC)CC2)CCC1=O. The highest BCUT2D eigenvalue weighted by Gasteiger charge is 2.30. The molecule has 1 saturated heterocycles. The maximum Gasteiger partial charge on any atom is 0.255 e. The minimum absolute atomic E-state index is 0.0315. The van der Waals surface area contributed by atoms with E-state index >= 15 is 0 Å². The maximum absolute atomic E-state index is 13.5. The number of likely N-dealkylation sites (N-methyl/N-ethyl adjacent to an activating group) is 1. The summed E-state index contributed by atoms with van der Waals surface area (Å²) in [6.45, 7) is 6.40. The van der Waals surface area contributed by atoms with Crippen LogP contribution in [0.2, 0.25) is 0 Å². The highest BCUT2D eigenvalue weighted by molar-refractivity contribution is 5.99. The third-order valence-electron chi connectivity index (χ3n) is 6.43. The number of piperazine rings is 1.